The van der Waals surface area contributed by atoms with Gasteiger partial charge in [0.15, 0.2) is 5.82 Å². The van der Waals surface area contributed by atoms with Crippen LogP contribution in [-0.2, 0) is 22.7 Å². The zero-order chi connectivity index (χ0) is 18.0. The minimum Gasteiger partial charge on any atom is -0.350 e. The molecule has 9 heteroatoms. The fourth-order valence-electron chi connectivity index (χ4n) is 2.56. The number of carbonyl (C=O) groups is 2. The van der Waals surface area contributed by atoms with Crippen LogP contribution in [0.1, 0.15) is 35.6 Å². The van der Waals surface area contributed by atoms with E-state index >= 15 is 0 Å². The molecule has 0 atom stereocenters. The first-order valence-electron chi connectivity index (χ1n) is 8.21. The van der Waals surface area contributed by atoms with E-state index in [0.29, 0.717) is 18.2 Å². The van der Waals surface area contributed by atoms with Crippen LogP contribution in [0.2, 0.25) is 0 Å². The highest BCUT2D eigenvalue weighted by molar-refractivity contribution is 5.93. The Bertz CT molecular complexity index is 788. The lowest BCUT2D eigenvalue weighted by Gasteiger charge is -2.10. The van der Waals surface area contributed by atoms with Crippen molar-refractivity contribution < 1.29 is 9.59 Å². The Hall–Kier alpha value is -2.84. The summed E-state index contributed by atoms with van der Waals surface area (Å²) in [5.74, 6) is 0.930. The summed E-state index contributed by atoms with van der Waals surface area (Å²) in [7, 11) is 0. The lowest BCUT2D eigenvalue weighted by atomic mass is 10.1. The van der Waals surface area contributed by atoms with E-state index in [1.807, 2.05) is 20.8 Å². The molecular weight excluding hydrogens is 322 g/mol. The van der Waals surface area contributed by atoms with Crippen molar-refractivity contribution in [3.05, 3.63) is 29.0 Å². The molecule has 0 spiro atoms. The number of anilines is 1. The Kier molecular flexibility index (Phi) is 4.73. The van der Waals surface area contributed by atoms with Gasteiger partial charge in [-0.2, -0.15) is 0 Å². The van der Waals surface area contributed by atoms with Gasteiger partial charge in [-0.25, -0.2) is 14.6 Å². The largest absolute Gasteiger partial charge is 0.350 e. The van der Waals surface area contributed by atoms with Crippen molar-refractivity contribution in [3.63, 3.8) is 0 Å². The fourth-order valence-corrected chi connectivity index (χ4v) is 2.56. The first kappa shape index (κ1) is 17.0. The normalized spacial score (nSPS) is 13.6. The zero-order valence-corrected chi connectivity index (χ0v) is 14.5. The molecule has 2 aromatic rings. The van der Waals surface area contributed by atoms with Crippen molar-refractivity contribution in [3.8, 4) is 0 Å². The van der Waals surface area contributed by atoms with Crippen LogP contribution in [0.15, 0.2) is 6.20 Å². The molecular formula is C16H21N7O2. The third kappa shape index (κ3) is 4.37. The van der Waals surface area contributed by atoms with Gasteiger partial charge in [0.05, 0.1) is 6.20 Å². The Morgan fingerprint density at radius 3 is 2.52 bits per heavy atom. The van der Waals surface area contributed by atoms with Crippen LogP contribution in [0, 0.1) is 26.7 Å². The third-order valence-corrected chi connectivity index (χ3v) is 4.04. The molecule has 3 rings (SSSR count). The summed E-state index contributed by atoms with van der Waals surface area (Å²) in [6, 6.07) is 0. The van der Waals surface area contributed by atoms with Crippen LogP contribution in [0.5, 0.6) is 0 Å². The van der Waals surface area contributed by atoms with E-state index in [4.69, 9.17) is 0 Å². The Morgan fingerprint density at radius 2 is 1.88 bits per heavy atom. The molecule has 0 radical (unpaired) electrons. The third-order valence-electron chi connectivity index (χ3n) is 4.04. The van der Waals surface area contributed by atoms with Crippen molar-refractivity contribution >= 4 is 17.6 Å². The van der Waals surface area contributed by atoms with Gasteiger partial charge in [-0.05, 0) is 33.6 Å². The molecule has 2 N–H and O–H groups in total. The van der Waals surface area contributed by atoms with Gasteiger partial charge in [0, 0.05) is 29.4 Å². The molecule has 1 aliphatic rings. The fraction of sp³-hybridized carbons (Fsp3) is 0.500. The van der Waals surface area contributed by atoms with Crippen LogP contribution in [0.25, 0.3) is 0 Å². The molecule has 1 fully saturated rings. The summed E-state index contributed by atoms with van der Waals surface area (Å²) in [4.78, 5) is 32.4. The second-order valence-corrected chi connectivity index (χ2v) is 6.26. The minimum absolute atomic E-state index is 0.0249. The van der Waals surface area contributed by atoms with Crippen LogP contribution < -0.4 is 10.6 Å². The molecule has 1 aliphatic carbocycles. The van der Waals surface area contributed by atoms with Gasteiger partial charge in [-0.1, -0.05) is 5.21 Å². The summed E-state index contributed by atoms with van der Waals surface area (Å²) >= 11 is 0. The van der Waals surface area contributed by atoms with E-state index in [2.05, 4.69) is 30.9 Å². The van der Waals surface area contributed by atoms with Gasteiger partial charge >= 0.3 is 0 Å². The number of hydrogen-bond acceptors (Lipinski definition) is 6. The number of nitrogens with one attached hydrogen (secondary N) is 2. The highest BCUT2D eigenvalue weighted by Crippen LogP contribution is 2.29. The summed E-state index contributed by atoms with van der Waals surface area (Å²) in [6.07, 6.45) is 3.39. The molecule has 0 aromatic carbocycles. The average Bonchev–Trinajstić information content (AvgIpc) is 3.29. The molecule has 2 aromatic heterocycles. The van der Waals surface area contributed by atoms with E-state index in [-0.39, 0.29) is 24.3 Å². The van der Waals surface area contributed by atoms with Crippen molar-refractivity contribution in [2.75, 3.05) is 5.32 Å². The van der Waals surface area contributed by atoms with Gasteiger partial charge < -0.3 is 10.6 Å². The maximum Gasteiger partial charge on any atom is 0.242 e. The molecule has 0 bridgehead atoms. The standard InChI is InChI=1S/C16H21N7O2/c1-9-13(10(2)19-11(3)18-9)6-17-15(24)8-23-7-14(21-22-23)20-16(25)12-4-5-12/h7,12H,4-6,8H2,1-3H3,(H,17,24)(H,20,25). The highest BCUT2D eigenvalue weighted by atomic mass is 16.2. The molecule has 0 saturated heterocycles. The van der Waals surface area contributed by atoms with E-state index < -0.39 is 0 Å². The maximum atomic E-state index is 12.1. The molecule has 1 saturated carbocycles. The first-order valence-corrected chi connectivity index (χ1v) is 8.21. The topological polar surface area (TPSA) is 115 Å². The number of nitrogens with zero attached hydrogens (tertiary/aromatic N) is 5. The quantitative estimate of drug-likeness (QED) is 0.796. The number of aryl methyl sites for hydroxylation is 3. The van der Waals surface area contributed by atoms with Gasteiger partial charge in [0.1, 0.15) is 12.4 Å². The van der Waals surface area contributed by atoms with Crippen molar-refractivity contribution in [2.24, 2.45) is 5.92 Å². The molecule has 2 heterocycles. The van der Waals surface area contributed by atoms with Crippen LogP contribution in [0.3, 0.4) is 0 Å². The van der Waals surface area contributed by atoms with Gasteiger partial charge in [-0.3, -0.25) is 9.59 Å². The molecule has 25 heavy (non-hydrogen) atoms. The summed E-state index contributed by atoms with van der Waals surface area (Å²) in [5.41, 5.74) is 2.63. The second-order valence-electron chi connectivity index (χ2n) is 6.26. The molecule has 0 aliphatic heterocycles. The summed E-state index contributed by atoms with van der Waals surface area (Å²) in [5, 5.41) is 13.2. The van der Waals surface area contributed by atoms with Gasteiger partial charge in [0.25, 0.3) is 0 Å². The van der Waals surface area contributed by atoms with Gasteiger partial charge in [0.2, 0.25) is 11.8 Å². The van der Waals surface area contributed by atoms with Crippen LogP contribution in [-0.4, -0.2) is 36.8 Å². The minimum atomic E-state index is -0.204. The smallest absolute Gasteiger partial charge is 0.242 e. The van der Waals surface area contributed by atoms with Crippen molar-refractivity contribution in [1.29, 1.82) is 0 Å². The summed E-state index contributed by atoms with van der Waals surface area (Å²) < 4.78 is 1.39. The SMILES string of the molecule is Cc1nc(C)c(CNC(=O)Cn2cc(NC(=O)C3CC3)nn2)c(C)n1. The van der Waals surface area contributed by atoms with Crippen molar-refractivity contribution in [2.45, 2.75) is 46.7 Å². The molecule has 0 unspecified atom stereocenters. The van der Waals surface area contributed by atoms with Gasteiger partial charge in [-0.15, -0.1) is 5.10 Å². The molecule has 2 amide bonds. The number of carbonyl (C=O) groups excluding carboxylic acids is 2. The van der Waals surface area contributed by atoms with Crippen molar-refractivity contribution in [1.82, 2.24) is 30.3 Å². The molecule has 9 nitrogen and oxygen atoms in total. The Morgan fingerprint density at radius 1 is 1.20 bits per heavy atom. The first-order chi connectivity index (χ1) is 11.9. The number of amides is 2. The maximum absolute atomic E-state index is 12.1. The number of aromatic nitrogens is 5. The van der Waals surface area contributed by atoms with E-state index in [1.54, 1.807) is 6.20 Å². The van der Waals surface area contributed by atoms with E-state index in [9.17, 15) is 9.59 Å². The van der Waals surface area contributed by atoms with E-state index in [1.165, 1.54) is 4.68 Å². The highest BCUT2D eigenvalue weighted by Gasteiger charge is 2.30. The average molecular weight is 343 g/mol. The lowest BCUT2D eigenvalue weighted by Crippen LogP contribution is -2.28. The molecule has 132 valence electrons. The van der Waals surface area contributed by atoms with E-state index in [0.717, 1.165) is 29.8 Å². The monoisotopic (exact) mass is 343 g/mol. The zero-order valence-electron chi connectivity index (χ0n) is 14.5. The number of hydrogen-bond donors (Lipinski definition) is 2. The predicted molar refractivity (Wildman–Crippen MR) is 89.5 cm³/mol. The number of rotatable bonds is 6. The predicted octanol–water partition coefficient (Wildman–Crippen LogP) is 0.658. The second kappa shape index (κ2) is 6.96. The van der Waals surface area contributed by atoms with Crippen LogP contribution in [0.4, 0.5) is 5.82 Å². The van der Waals surface area contributed by atoms with Crippen LogP contribution >= 0.6 is 0 Å². The lowest BCUT2D eigenvalue weighted by molar-refractivity contribution is -0.122. The Labute approximate surface area is 145 Å². The Balaban J connectivity index is 1.53. The summed E-state index contributed by atoms with van der Waals surface area (Å²) in [6.45, 7) is 6.02.